The number of halogens is 1. The number of amides is 1. The third-order valence-corrected chi connectivity index (χ3v) is 8.38. The number of aliphatic hydroxyl groups excluding tert-OH is 1. The quantitative estimate of drug-likeness (QED) is 0.578. The van der Waals surface area contributed by atoms with Gasteiger partial charge in [0, 0.05) is 29.4 Å². The van der Waals surface area contributed by atoms with Crippen LogP contribution in [0.4, 0.5) is 4.39 Å². The van der Waals surface area contributed by atoms with Gasteiger partial charge in [-0.2, -0.15) is 14.8 Å². The maximum Gasteiger partial charge on any atom is 0.291 e. The van der Waals surface area contributed by atoms with E-state index in [1.165, 1.54) is 10.7 Å². The van der Waals surface area contributed by atoms with E-state index in [2.05, 4.69) is 20.1 Å². The third-order valence-electron chi connectivity index (χ3n) is 8.38. The Morgan fingerprint density at radius 3 is 2.53 bits per heavy atom. The number of piperidine rings is 2. The van der Waals surface area contributed by atoms with Gasteiger partial charge < -0.3 is 19.4 Å². The smallest absolute Gasteiger partial charge is 0.291 e. The number of carbonyl (C=O) groups excluding carboxylic acids is 1. The maximum atomic E-state index is 14.8. The first-order valence-corrected chi connectivity index (χ1v) is 13.1. The molecule has 0 spiro atoms. The van der Waals surface area contributed by atoms with Crippen LogP contribution in [-0.4, -0.2) is 78.6 Å². The van der Waals surface area contributed by atoms with Crippen molar-refractivity contribution >= 4 is 16.8 Å². The highest BCUT2D eigenvalue weighted by Gasteiger charge is 2.45. The minimum absolute atomic E-state index is 0.128. The molecule has 3 saturated heterocycles. The van der Waals surface area contributed by atoms with E-state index in [4.69, 9.17) is 4.52 Å². The Kier molecular flexibility index (Phi) is 6.03. The first-order chi connectivity index (χ1) is 17.4. The number of rotatable bonds is 5. The van der Waals surface area contributed by atoms with Crippen LogP contribution in [0.25, 0.3) is 16.9 Å². The number of hydrogen-bond acceptors (Lipinski definition) is 7. The summed E-state index contributed by atoms with van der Waals surface area (Å²) in [6.07, 6.45) is 5.86. The monoisotopic (exact) mass is 496 g/mol. The Labute approximate surface area is 209 Å². The van der Waals surface area contributed by atoms with Crippen molar-refractivity contribution in [1.82, 2.24) is 29.7 Å². The number of aromatic nitrogens is 4. The lowest BCUT2D eigenvalue weighted by Crippen LogP contribution is -2.54. The van der Waals surface area contributed by atoms with Crippen LogP contribution in [0.5, 0.6) is 0 Å². The first kappa shape index (κ1) is 23.5. The zero-order valence-electron chi connectivity index (χ0n) is 20.8. The van der Waals surface area contributed by atoms with Crippen LogP contribution in [0.3, 0.4) is 0 Å². The van der Waals surface area contributed by atoms with Crippen molar-refractivity contribution in [2.75, 3.05) is 19.7 Å². The summed E-state index contributed by atoms with van der Waals surface area (Å²) in [6.45, 7) is 5.56. The van der Waals surface area contributed by atoms with Crippen molar-refractivity contribution in [2.45, 2.75) is 82.3 Å². The van der Waals surface area contributed by atoms with Gasteiger partial charge in [-0.3, -0.25) is 4.79 Å². The molecule has 0 saturated carbocycles. The van der Waals surface area contributed by atoms with Gasteiger partial charge in [-0.25, -0.2) is 4.39 Å². The number of likely N-dealkylation sites (tertiary alicyclic amines) is 1. The van der Waals surface area contributed by atoms with E-state index >= 15 is 0 Å². The van der Waals surface area contributed by atoms with E-state index in [0.29, 0.717) is 17.4 Å². The van der Waals surface area contributed by atoms with Gasteiger partial charge in [0.25, 0.3) is 5.95 Å². The van der Waals surface area contributed by atoms with Crippen LogP contribution in [0.15, 0.2) is 22.7 Å². The van der Waals surface area contributed by atoms with Crippen LogP contribution >= 0.6 is 0 Å². The zero-order valence-corrected chi connectivity index (χ0v) is 20.8. The van der Waals surface area contributed by atoms with E-state index in [9.17, 15) is 14.3 Å². The van der Waals surface area contributed by atoms with Crippen LogP contribution in [0, 0.1) is 5.82 Å². The summed E-state index contributed by atoms with van der Waals surface area (Å²) < 4.78 is 21.9. The minimum atomic E-state index is -0.394. The summed E-state index contributed by atoms with van der Waals surface area (Å²) >= 11 is 0. The summed E-state index contributed by atoms with van der Waals surface area (Å²) in [5, 5.41) is 18.9. The molecule has 1 amide bonds. The van der Waals surface area contributed by atoms with Gasteiger partial charge >= 0.3 is 0 Å². The summed E-state index contributed by atoms with van der Waals surface area (Å²) in [6, 6.07) is 5.99. The highest BCUT2D eigenvalue weighted by Crippen LogP contribution is 2.39. The highest BCUT2D eigenvalue weighted by molar-refractivity contribution is 5.84. The molecule has 10 heteroatoms. The molecule has 3 atom stereocenters. The van der Waals surface area contributed by atoms with Crippen LogP contribution < -0.4 is 0 Å². The molecule has 0 aliphatic carbocycles. The average Bonchev–Trinajstić information content (AvgIpc) is 3.58. The molecule has 9 nitrogen and oxygen atoms in total. The second-order valence-corrected chi connectivity index (χ2v) is 10.8. The van der Waals surface area contributed by atoms with Crippen molar-refractivity contribution in [3.8, 4) is 5.95 Å². The number of carbonyl (C=O) groups is 1. The highest BCUT2D eigenvalue weighted by atomic mass is 19.1. The van der Waals surface area contributed by atoms with Crippen molar-refractivity contribution in [1.29, 1.82) is 0 Å². The Morgan fingerprint density at radius 2 is 1.86 bits per heavy atom. The van der Waals surface area contributed by atoms with E-state index in [1.807, 2.05) is 24.8 Å². The molecular formula is C26H33FN6O3. The molecular weight excluding hydrogens is 463 g/mol. The molecule has 1 N–H and O–H groups in total. The van der Waals surface area contributed by atoms with Crippen LogP contribution in [0.2, 0.25) is 0 Å². The molecule has 3 fully saturated rings. The maximum absolute atomic E-state index is 14.8. The summed E-state index contributed by atoms with van der Waals surface area (Å²) in [5.74, 6) is 0.664. The number of fused-ring (bicyclic) bond motifs is 3. The Bertz CT molecular complexity index is 1250. The lowest BCUT2D eigenvalue weighted by atomic mass is 9.91. The Balaban J connectivity index is 1.14. The van der Waals surface area contributed by atoms with Gasteiger partial charge in [0.2, 0.25) is 11.8 Å². The Morgan fingerprint density at radius 1 is 1.14 bits per heavy atom. The van der Waals surface area contributed by atoms with Crippen LogP contribution in [0.1, 0.15) is 75.8 Å². The number of aliphatic hydroxyl groups is 1. The number of para-hydroxylation sites is 1. The van der Waals surface area contributed by atoms with Crippen molar-refractivity contribution in [3.63, 3.8) is 0 Å². The number of benzene rings is 1. The summed E-state index contributed by atoms with van der Waals surface area (Å²) in [4.78, 5) is 21.3. The van der Waals surface area contributed by atoms with Gasteiger partial charge in [-0.05, 0) is 68.8 Å². The van der Waals surface area contributed by atoms with E-state index in [0.717, 1.165) is 62.7 Å². The topological polar surface area (TPSA) is 101 Å². The molecule has 36 heavy (non-hydrogen) atoms. The number of hydrogen-bond donors (Lipinski definition) is 1. The second kappa shape index (κ2) is 9.23. The van der Waals surface area contributed by atoms with Crippen molar-refractivity contribution in [3.05, 3.63) is 35.6 Å². The minimum Gasteiger partial charge on any atom is -0.387 e. The van der Waals surface area contributed by atoms with E-state index in [-0.39, 0.29) is 41.6 Å². The SMILES string of the molecule is CC(C)c1nn(-c2noc(C3CCN([C@H]4C[C@H]5CC[C@@H](C4)N5C(=O)CO)CC3)n2)c2c(F)cccc12. The largest absolute Gasteiger partial charge is 0.387 e. The molecule has 3 aliphatic heterocycles. The number of nitrogens with zero attached hydrogens (tertiary/aromatic N) is 6. The van der Waals surface area contributed by atoms with Crippen molar-refractivity contribution in [2.24, 2.45) is 0 Å². The summed E-state index contributed by atoms with van der Waals surface area (Å²) in [7, 11) is 0. The molecule has 0 unspecified atom stereocenters. The second-order valence-electron chi connectivity index (χ2n) is 10.8. The van der Waals surface area contributed by atoms with E-state index in [1.54, 1.807) is 6.07 Å². The molecule has 3 aliphatic rings. The molecule has 0 radical (unpaired) electrons. The van der Waals surface area contributed by atoms with Crippen molar-refractivity contribution < 1.29 is 18.8 Å². The predicted octanol–water partition coefficient (Wildman–Crippen LogP) is 3.36. The normalized spacial score (nSPS) is 25.4. The first-order valence-electron chi connectivity index (χ1n) is 13.1. The Hall–Kier alpha value is -2.85. The lowest BCUT2D eigenvalue weighted by Gasteiger charge is -2.45. The molecule has 6 rings (SSSR count). The molecule has 5 heterocycles. The fourth-order valence-electron chi connectivity index (χ4n) is 6.65. The molecule has 2 bridgehead atoms. The fourth-order valence-corrected chi connectivity index (χ4v) is 6.65. The third kappa shape index (κ3) is 3.91. The summed E-state index contributed by atoms with van der Waals surface area (Å²) in [5.41, 5.74) is 1.19. The van der Waals surface area contributed by atoms with Gasteiger partial charge in [0.05, 0.1) is 5.69 Å². The predicted molar refractivity (Wildman–Crippen MR) is 130 cm³/mol. The zero-order chi connectivity index (χ0) is 25.0. The fraction of sp³-hybridized carbons (Fsp3) is 0.615. The van der Waals surface area contributed by atoms with E-state index < -0.39 is 6.61 Å². The van der Waals surface area contributed by atoms with Gasteiger partial charge in [-0.15, -0.1) is 0 Å². The molecule has 1 aromatic carbocycles. The van der Waals surface area contributed by atoms with Gasteiger partial charge in [-0.1, -0.05) is 26.0 Å². The lowest BCUT2D eigenvalue weighted by molar-refractivity contribution is -0.139. The average molecular weight is 497 g/mol. The van der Waals surface area contributed by atoms with Gasteiger partial charge in [0.15, 0.2) is 0 Å². The van der Waals surface area contributed by atoms with Gasteiger partial charge in [0.1, 0.15) is 17.9 Å². The molecule has 3 aromatic rings. The molecule has 192 valence electrons. The molecule has 2 aromatic heterocycles. The van der Waals surface area contributed by atoms with Crippen LogP contribution in [-0.2, 0) is 4.79 Å². The standard InChI is InChI=1S/C26H33FN6O3/c1-15(2)23-20-4-3-5-21(27)24(20)33(29-23)26-28-25(36-30-26)16-8-10-31(11-9-16)19-12-17-6-7-18(13-19)32(17)22(35)14-34/h3-5,15-19,34H,6-14H2,1-2H3/t17-,18+,19+.